The first-order valence-electron chi connectivity index (χ1n) is 5.86. The molecule has 1 aromatic carbocycles. The molecule has 0 aliphatic carbocycles. The van der Waals surface area contributed by atoms with Crippen molar-refractivity contribution in [1.82, 2.24) is 0 Å². The van der Waals surface area contributed by atoms with E-state index in [1.165, 1.54) is 7.11 Å². The Morgan fingerprint density at radius 1 is 1.56 bits per heavy atom. The molecule has 18 heavy (non-hydrogen) atoms. The van der Waals surface area contributed by atoms with Gasteiger partial charge in [0.2, 0.25) is 0 Å². The Balaban J connectivity index is 2.18. The third-order valence-electron chi connectivity index (χ3n) is 2.94. The minimum Gasteiger partial charge on any atom is -0.465 e. The third-order valence-corrected chi connectivity index (χ3v) is 4.54. The first-order valence-corrected chi connectivity index (χ1v) is 7.29. The van der Waals surface area contributed by atoms with Crippen LogP contribution in [0.1, 0.15) is 23.7 Å². The first-order chi connectivity index (χ1) is 8.60. The number of methoxy groups -OCH3 is 1. The van der Waals surface area contributed by atoms with Gasteiger partial charge in [0.05, 0.1) is 12.7 Å². The van der Waals surface area contributed by atoms with Crippen LogP contribution < -0.4 is 5.32 Å². The molecular formula is C13H16ClNO2S. The van der Waals surface area contributed by atoms with Crippen LogP contribution in [0.5, 0.6) is 0 Å². The zero-order valence-electron chi connectivity index (χ0n) is 10.4. The Morgan fingerprint density at radius 3 is 2.94 bits per heavy atom. The van der Waals surface area contributed by atoms with E-state index in [-0.39, 0.29) is 5.97 Å². The molecule has 5 heteroatoms. The summed E-state index contributed by atoms with van der Waals surface area (Å²) in [6.07, 6.45) is 1.11. The van der Waals surface area contributed by atoms with Crippen molar-refractivity contribution in [3.8, 4) is 0 Å². The highest BCUT2D eigenvalue weighted by molar-refractivity contribution is 8.00. The first kappa shape index (κ1) is 13.6. The number of ether oxygens (including phenoxy) is 1. The van der Waals surface area contributed by atoms with E-state index in [2.05, 4.69) is 12.2 Å². The largest absolute Gasteiger partial charge is 0.465 e. The van der Waals surface area contributed by atoms with Crippen LogP contribution in [-0.2, 0) is 4.74 Å². The number of esters is 1. The lowest BCUT2D eigenvalue weighted by Crippen LogP contribution is -2.21. The number of carbonyl (C=O) groups excluding carboxylic acids is 1. The van der Waals surface area contributed by atoms with E-state index in [1.54, 1.807) is 12.1 Å². The Morgan fingerprint density at radius 2 is 2.33 bits per heavy atom. The summed E-state index contributed by atoms with van der Waals surface area (Å²) in [5.41, 5.74) is 1.29. The highest BCUT2D eigenvalue weighted by atomic mass is 35.5. The fraction of sp³-hybridized carbons (Fsp3) is 0.462. The topological polar surface area (TPSA) is 38.3 Å². The van der Waals surface area contributed by atoms with Crippen LogP contribution in [0, 0.1) is 0 Å². The summed E-state index contributed by atoms with van der Waals surface area (Å²) < 4.78 is 4.77. The number of nitrogens with one attached hydrogen (secondary N) is 1. The monoisotopic (exact) mass is 285 g/mol. The maximum Gasteiger partial charge on any atom is 0.340 e. The van der Waals surface area contributed by atoms with Crippen molar-refractivity contribution in [2.24, 2.45) is 0 Å². The van der Waals surface area contributed by atoms with Crippen molar-refractivity contribution in [3.05, 3.63) is 28.8 Å². The van der Waals surface area contributed by atoms with Crippen LogP contribution in [0.3, 0.4) is 0 Å². The predicted molar refractivity (Wildman–Crippen MR) is 76.7 cm³/mol. The number of thioether (sulfide) groups is 1. The third kappa shape index (κ3) is 3.12. The summed E-state index contributed by atoms with van der Waals surface area (Å²) in [7, 11) is 1.38. The summed E-state index contributed by atoms with van der Waals surface area (Å²) in [6.45, 7) is 2.22. The highest BCUT2D eigenvalue weighted by Gasteiger charge is 2.23. The fourth-order valence-corrected chi connectivity index (χ4v) is 3.38. The van der Waals surface area contributed by atoms with Crippen LogP contribution >= 0.6 is 23.4 Å². The number of carbonyl (C=O) groups is 1. The molecule has 2 atom stereocenters. The second-order valence-electron chi connectivity index (χ2n) is 4.40. The van der Waals surface area contributed by atoms with Gasteiger partial charge in [-0.2, -0.15) is 11.8 Å². The summed E-state index contributed by atoms with van der Waals surface area (Å²) in [4.78, 5) is 11.7. The molecule has 0 aromatic heterocycles. The van der Waals surface area contributed by atoms with Crippen molar-refractivity contribution >= 4 is 35.0 Å². The maximum atomic E-state index is 11.7. The van der Waals surface area contributed by atoms with Crippen molar-refractivity contribution in [3.63, 3.8) is 0 Å². The summed E-state index contributed by atoms with van der Waals surface area (Å²) in [5, 5.41) is 4.60. The van der Waals surface area contributed by atoms with Gasteiger partial charge in [-0.1, -0.05) is 18.5 Å². The van der Waals surface area contributed by atoms with Crippen molar-refractivity contribution in [1.29, 1.82) is 0 Å². The van der Waals surface area contributed by atoms with E-state index in [0.717, 1.165) is 17.9 Å². The van der Waals surface area contributed by atoms with E-state index >= 15 is 0 Å². The number of rotatable bonds is 3. The molecule has 1 fully saturated rings. The summed E-state index contributed by atoms with van der Waals surface area (Å²) in [5.74, 6) is 0.698. The van der Waals surface area contributed by atoms with Crippen LogP contribution in [0.15, 0.2) is 18.2 Å². The van der Waals surface area contributed by atoms with Gasteiger partial charge in [0.25, 0.3) is 0 Å². The molecular weight excluding hydrogens is 270 g/mol. The molecule has 1 saturated heterocycles. The van der Waals surface area contributed by atoms with Crippen LogP contribution in [0.25, 0.3) is 0 Å². The maximum absolute atomic E-state index is 11.7. The minimum atomic E-state index is -0.362. The average molecular weight is 286 g/mol. The normalized spacial score (nSPS) is 22.8. The van der Waals surface area contributed by atoms with Gasteiger partial charge in [-0.05, 0) is 24.6 Å². The lowest BCUT2D eigenvalue weighted by molar-refractivity contribution is 0.0602. The van der Waals surface area contributed by atoms with Gasteiger partial charge >= 0.3 is 5.97 Å². The summed E-state index contributed by atoms with van der Waals surface area (Å²) in [6, 6.07) is 5.65. The molecule has 1 N–H and O–H groups in total. The minimum absolute atomic E-state index is 0.362. The fourth-order valence-electron chi connectivity index (χ4n) is 2.06. The molecule has 2 unspecified atom stereocenters. The van der Waals surface area contributed by atoms with Crippen molar-refractivity contribution in [2.75, 3.05) is 18.2 Å². The van der Waals surface area contributed by atoms with Crippen LogP contribution in [0.2, 0.25) is 5.02 Å². The Hall–Kier alpha value is -0.870. The molecule has 1 heterocycles. The van der Waals surface area contributed by atoms with E-state index in [9.17, 15) is 4.79 Å². The lowest BCUT2D eigenvalue weighted by atomic mass is 10.1. The zero-order chi connectivity index (χ0) is 13.1. The van der Waals surface area contributed by atoms with Gasteiger partial charge in [-0.3, -0.25) is 0 Å². The van der Waals surface area contributed by atoms with Crippen molar-refractivity contribution < 1.29 is 9.53 Å². The molecule has 0 bridgehead atoms. The highest BCUT2D eigenvalue weighted by Crippen LogP contribution is 2.30. The second-order valence-corrected chi connectivity index (χ2v) is 6.31. The Labute approximate surface area is 116 Å². The van der Waals surface area contributed by atoms with E-state index in [4.69, 9.17) is 16.3 Å². The van der Waals surface area contributed by atoms with Crippen molar-refractivity contribution in [2.45, 2.75) is 24.6 Å². The van der Waals surface area contributed by atoms with Crippen LogP contribution in [0.4, 0.5) is 5.69 Å². The standard InChI is InChI=1S/C13H16ClNO2S/c1-8-5-10(7-18-8)15-12-4-3-9(14)6-11(12)13(16)17-2/h3-4,6,8,10,15H,5,7H2,1-2H3. The van der Waals surface area contributed by atoms with Gasteiger partial charge in [0.15, 0.2) is 0 Å². The summed E-state index contributed by atoms with van der Waals surface area (Å²) >= 11 is 7.86. The molecule has 0 saturated carbocycles. The SMILES string of the molecule is COC(=O)c1cc(Cl)ccc1NC1CSC(C)C1. The Kier molecular flexibility index (Phi) is 4.40. The van der Waals surface area contributed by atoms with Gasteiger partial charge in [0, 0.05) is 27.8 Å². The molecule has 0 amide bonds. The molecule has 0 spiro atoms. The Bertz CT molecular complexity index is 453. The van der Waals surface area contributed by atoms with Crippen LogP contribution in [-0.4, -0.2) is 30.1 Å². The van der Waals surface area contributed by atoms with Gasteiger partial charge < -0.3 is 10.1 Å². The number of anilines is 1. The molecule has 2 rings (SSSR count). The number of hydrogen-bond donors (Lipinski definition) is 1. The van der Waals surface area contributed by atoms with E-state index in [1.807, 2.05) is 17.8 Å². The lowest BCUT2D eigenvalue weighted by Gasteiger charge is -2.16. The average Bonchev–Trinajstić information content (AvgIpc) is 2.76. The molecule has 1 aliphatic rings. The second kappa shape index (κ2) is 5.85. The molecule has 0 radical (unpaired) electrons. The smallest absolute Gasteiger partial charge is 0.340 e. The number of hydrogen-bond acceptors (Lipinski definition) is 4. The van der Waals surface area contributed by atoms with Gasteiger partial charge in [0.1, 0.15) is 0 Å². The molecule has 98 valence electrons. The quantitative estimate of drug-likeness (QED) is 0.864. The molecule has 1 aromatic rings. The molecule has 3 nitrogen and oxygen atoms in total. The van der Waals surface area contributed by atoms with Gasteiger partial charge in [-0.15, -0.1) is 0 Å². The number of benzene rings is 1. The number of halogens is 1. The molecule has 1 aliphatic heterocycles. The predicted octanol–water partition coefficient (Wildman–Crippen LogP) is 3.43. The van der Waals surface area contributed by atoms with Gasteiger partial charge in [-0.25, -0.2) is 4.79 Å². The van der Waals surface area contributed by atoms with E-state index < -0.39 is 0 Å². The zero-order valence-corrected chi connectivity index (χ0v) is 12.0. The van der Waals surface area contributed by atoms with E-state index in [0.29, 0.717) is 21.9 Å².